The van der Waals surface area contributed by atoms with E-state index in [1.807, 2.05) is 12.1 Å². The Hall–Kier alpha value is -1.32. The van der Waals surface area contributed by atoms with E-state index < -0.39 is 0 Å². The van der Waals surface area contributed by atoms with Crippen LogP contribution in [-0.4, -0.2) is 64.8 Å². The largest absolute Gasteiger partial charge is 0.412 e. The molecule has 1 heterocycles. The fourth-order valence-corrected chi connectivity index (χ4v) is 4.19. The second kappa shape index (κ2) is 16.3. The molecule has 184 valence electrons. The Morgan fingerprint density at radius 1 is 0.939 bits per heavy atom. The molecule has 0 bridgehead atoms. The minimum Gasteiger partial charge on any atom is -0.412 e. The molecule has 3 N–H and O–H groups in total. The van der Waals surface area contributed by atoms with Crippen molar-refractivity contribution in [2.75, 3.05) is 43.8 Å². The molecule has 2 aromatic carbocycles. The molecule has 0 spiro atoms. The predicted octanol–water partition coefficient (Wildman–Crippen LogP) is 5.03. The molecule has 3 rings (SSSR count). The zero-order valence-corrected chi connectivity index (χ0v) is 21.8. The lowest BCUT2D eigenvalue weighted by Gasteiger charge is -2.34. The van der Waals surface area contributed by atoms with Crippen molar-refractivity contribution in [3.63, 3.8) is 0 Å². The predicted molar refractivity (Wildman–Crippen MR) is 144 cm³/mol. The second-order valence-corrected chi connectivity index (χ2v) is 9.00. The highest BCUT2D eigenvalue weighted by atomic mass is 35.5. The topological polar surface area (TPSA) is 84.2 Å². The van der Waals surface area contributed by atoms with Crippen LogP contribution in [0.3, 0.4) is 0 Å². The highest BCUT2D eigenvalue weighted by Gasteiger charge is 2.16. The zero-order valence-electron chi connectivity index (χ0n) is 18.6. The van der Waals surface area contributed by atoms with Gasteiger partial charge in [-0.3, -0.25) is 14.5 Å². The number of halogens is 3. The van der Waals surface area contributed by atoms with Gasteiger partial charge in [-0.1, -0.05) is 35.5 Å². The first kappa shape index (κ1) is 31.7. The van der Waals surface area contributed by atoms with Crippen LogP contribution in [0.1, 0.15) is 29.3 Å². The van der Waals surface area contributed by atoms with E-state index in [1.165, 1.54) is 24.2 Å². The summed E-state index contributed by atoms with van der Waals surface area (Å²) in [5.74, 6) is 0.815. The number of piperazine rings is 1. The van der Waals surface area contributed by atoms with Crippen LogP contribution in [0.2, 0.25) is 5.02 Å². The molecule has 1 aliphatic rings. The SMILES string of the molecule is CC(=O)c1ccc(NC(=O)SCCCN2CCN(Cc3ccc(Cl)cc3)CC2)cc1.Cl.Cl.O. The highest BCUT2D eigenvalue weighted by molar-refractivity contribution is 8.13. The minimum absolute atomic E-state index is 0. The van der Waals surface area contributed by atoms with E-state index in [9.17, 15) is 9.59 Å². The molecule has 10 heteroatoms. The van der Waals surface area contributed by atoms with E-state index in [4.69, 9.17) is 11.6 Å². The lowest BCUT2D eigenvalue weighted by Crippen LogP contribution is -2.46. The standard InChI is InChI=1S/C23H28ClN3O2S.2ClH.H2O/c1-18(28)20-5-9-22(10-6-20)25-23(29)30-16-2-11-26-12-14-27(15-13-26)17-19-3-7-21(24)8-4-19;;;/h3-10H,2,11-17H2,1H3,(H,25,29);2*1H;1H2. The zero-order chi connectivity index (χ0) is 21.3. The number of rotatable bonds is 8. The van der Waals surface area contributed by atoms with Crippen molar-refractivity contribution in [1.82, 2.24) is 9.80 Å². The molecule has 1 saturated heterocycles. The summed E-state index contributed by atoms with van der Waals surface area (Å²) in [7, 11) is 0. The van der Waals surface area contributed by atoms with Crippen molar-refractivity contribution in [2.45, 2.75) is 19.9 Å². The lowest BCUT2D eigenvalue weighted by molar-refractivity contribution is 0.101. The van der Waals surface area contributed by atoms with Crippen molar-refractivity contribution in [1.29, 1.82) is 0 Å². The molecule has 2 aromatic rings. The van der Waals surface area contributed by atoms with Gasteiger partial charge in [0.25, 0.3) is 5.24 Å². The molecular formula is C23H32Cl3N3O3S. The van der Waals surface area contributed by atoms with Gasteiger partial charge in [-0.15, -0.1) is 24.8 Å². The van der Waals surface area contributed by atoms with E-state index in [-0.39, 0.29) is 41.3 Å². The Morgan fingerprint density at radius 2 is 1.52 bits per heavy atom. The minimum atomic E-state index is -0.0571. The Labute approximate surface area is 217 Å². The summed E-state index contributed by atoms with van der Waals surface area (Å²) in [6, 6.07) is 15.1. The Morgan fingerprint density at radius 3 is 2.09 bits per heavy atom. The van der Waals surface area contributed by atoms with Gasteiger partial charge in [-0.2, -0.15) is 0 Å². The Kier molecular flexibility index (Phi) is 15.7. The van der Waals surface area contributed by atoms with Gasteiger partial charge >= 0.3 is 0 Å². The number of nitrogens with zero attached hydrogens (tertiary/aromatic N) is 2. The van der Waals surface area contributed by atoms with E-state index in [0.717, 1.165) is 56.5 Å². The fraction of sp³-hybridized carbons (Fsp3) is 0.391. The van der Waals surface area contributed by atoms with Crippen LogP contribution >= 0.6 is 48.2 Å². The first-order valence-corrected chi connectivity index (χ1v) is 11.6. The van der Waals surface area contributed by atoms with E-state index >= 15 is 0 Å². The van der Waals surface area contributed by atoms with Gasteiger partial charge in [-0.05, 0) is 61.9 Å². The molecule has 33 heavy (non-hydrogen) atoms. The molecular weight excluding hydrogens is 505 g/mol. The maximum absolute atomic E-state index is 12.1. The maximum atomic E-state index is 12.1. The first-order chi connectivity index (χ1) is 14.5. The third kappa shape index (κ3) is 11.1. The summed E-state index contributed by atoms with van der Waals surface area (Å²) < 4.78 is 0. The summed E-state index contributed by atoms with van der Waals surface area (Å²) in [4.78, 5) is 28.3. The van der Waals surface area contributed by atoms with Crippen LogP contribution in [0.15, 0.2) is 48.5 Å². The van der Waals surface area contributed by atoms with Crippen molar-refractivity contribution in [3.05, 3.63) is 64.7 Å². The van der Waals surface area contributed by atoms with E-state index in [2.05, 4.69) is 27.2 Å². The molecule has 6 nitrogen and oxygen atoms in total. The number of anilines is 1. The number of thioether (sulfide) groups is 1. The smallest absolute Gasteiger partial charge is 0.283 e. The van der Waals surface area contributed by atoms with Gasteiger partial charge in [0, 0.05) is 54.8 Å². The van der Waals surface area contributed by atoms with Crippen LogP contribution in [0, 0.1) is 0 Å². The third-order valence-electron chi connectivity index (χ3n) is 5.17. The molecule has 0 radical (unpaired) electrons. The molecule has 0 aliphatic carbocycles. The fourth-order valence-electron chi connectivity index (χ4n) is 3.41. The lowest BCUT2D eigenvalue weighted by atomic mass is 10.1. The maximum Gasteiger partial charge on any atom is 0.283 e. The number of hydrogen-bond acceptors (Lipinski definition) is 5. The number of Topliss-reactive ketones (excluding diaryl/α,β-unsaturated/α-hetero) is 1. The van der Waals surface area contributed by atoms with Crippen molar-refractivity contribution in [2.24, 2.45) is 0 Å². The second-order valence-electron chi connectivity index (χ2n) is 7.49. The van der Waals surface area contributed by atoms with Gasteiger partial charge < -0.3 is 15.7 Å². The Bertz CT molecular complexity index is 846. The van der Waals surface area contributed by atoms with Gasteiger partial charge in [0.05, 0.1) is 0 Å². The summed E-state index contributed by atoms with van der Waals surface area (Å²) in [5, 5.41) is 3.58. The number of carbonyl (C=O) groups is 2. The van der Waals surface area contributed by atoms with Crippen LogP contribution in [0.4, 0.5) is 10.5 Å². The first-order valence-electron chi connectivity index (χ1n) is 10.2. The molecule has 0 unspecified atom stereocenters. The van der Waals surface area contributed by atoms with Crippen LogP contribution in [0.5, 0.6) is 0 Å². The van der Waals surface area contributed by atoms with Gasteiger partial charge in [0.15, 0.2) is 5.78 Å². The van der Waals surface area contributed by atoms with Crippen molar-refractivity contribution < 1.29 is 15.1 Å². The molecule has 1 amide bonds. The molecule has 1 fully saturated rings. The summed E-state index contributed by atoms with van der Waals surface area (Å²) in [6.45, 7) is 7.76. The van der Waals surface area contributed by atoms with E-state index in [1.54, 1.807) is 24.3 Å². The summed E-state index contributed by atoms with van der Waals surface area (Å²) in [5.41, 5.74) is 2.66. The van der Waals surface area contributed by atoms with Crippen LogP contribution in [-0.2, 0) is 6.54 Å². The van der Waals surface area contributed by atoms with Crippen LogP contribution < -0.4 is 5.32 Å². The highest BCUT2D eigenvalue weighted by Crippen LogP contribution is 2.15. The number of benzene rings is 2. The van der Waals surface area contributed by atoms with Gasteiger partial charge in [0.2, 0.25) is 0 Å². The van der Waals surface area contributed by atoms with Crippen molar-refractivity contribution in [3.8, 4) is 0 Å². The normalized spacial score (nSPS) is 13.8. The quantitative estimate of drug-likeness (QED) is 0.378. The van der Waals surface area contributed by atoms with Crippen LogP contribution in [0.25, 0.3) is 0 Å². The molecule has 1 aliphatic heterocycles. The number of hydrogen-bond donors (Lipinski definition) is 1. The monoisotopic (exact) mass is 535 g/mol. The number of nitrogens with one attached hydrogen (secondary N) is 1. The number of ketones is 1. The van der Waals surface area contributed by atoms with Gasteiger partial charge in [0.1, 0.15) is 0 Å². The third-order valence-corrected chi connectivity index (χ3v) is 6.28. The van der Waals surface area contributed by atoms with E-state index in [0.29, 0.717) is 11.3 Å². The van der Waals surface area contributed by atoms with Crippen molar-refractivity contribution >= 4 is 64.9 Å². The molecule has 0 saturated carbocycles. The summed E-state index contributed by atoms with van der Waals surface area (Å²) >= 11 is 7.26. The number of amides is 1. The average Bonchev–Trinajstić information content (AvgIpc) is 2.74. The molecule has 0 atom stereocenters. The molecule has 0 aromatic heterocycles. The average molecular weight is 537 g/mol. The van der Waals surface area contributed by atoms with Gasteiger partial charge in [-0.25, -0.2) is 0 Å². The number of carbonyl (C=O) groups excluding carboxylic acids is 2. The Balaban J connectivity index is 0.00000341. The summed E-state index contributed by atoms with van der Waals surface area (Å²) in [6.07, 6.45) is 0.985.